The van der Waals surface area contributed by atoms with Crippen molar-refractivity contribution in [1.82, 2.24) is 4.90 Å². The molecule has 2 aromatic carbocycles. The monoisotopic (exact) mass is 398 g/mol. The molecule has 0 N–H and O–H groups in total. The highest BCUT2D eigenvalue weighted by atomic mass is 15.2. The first-order chi connectivity index (χ1) is 14.8. The highest BCUT2D eigenvalue weighted by molar-refractivity contribution is 5.72. The molecule has 2 nitrogen and oxygen atoms in total. The number of benzene rings is 2. The summed E-state index contributed by atoms with van der Waals surface area (Å²) in [7, 11) is 0. The van der Waals surface area contributed by atoms with E-state index in [0.29, 0.717) is 17.4 Å². The average Bonchev–Trinajstić information content (AvgIpc) is 3.07. The van der Waals surface area contributed by atoms with Crippen molar-refractivity contribution < 1.29 is 0 Å². The lowest BCUT2D eigenvalue weighted by Gasteiger charge is -2.58. The molecule has 156 valence electrons. The maximum atomic E-state index is 2.89. The smallest absolute Gasteiger partial charge is 0.0450 e. The number of piperidine rings is 1. The predicted octanol–water partition coefficient (Wildman–Crippen LogP) is 6.21. The fraction of sp³-hybridized carbons (Fsp3) is 0.571. The molecule has 8 rings (SSSR count). The van der Waals surface area contributed by atoms with Crippen LogP contribution in [-0.2, 0) is 0 Å². The predicted molar refractivity (Wildman–Crippen MR) is 123 cm³/mol. The Morgan fingerprint density at radius 3 is 2.20 bits per heavy atom. The van der Waals surface area contributed by atoms with Gasteiger partial charge in [0.25, 0.3) is 0 Å². The van der Waals surface area contributed by atoms with Gasteiger partial charge in [-0.25, -0.2) is 0 Å². The molecule has 2 aromatic rings. The summed E-state index contributed by atoms with van der Waals surface area (Å²) in [5, 5.41) is 0. The topological polar surface area (TPSA) is 6.48 Å². The first kappa shape index (κ1) is 17.8. The van der Waals surface area contributed by atoms with E-state index >= 15 is 0 Å². The molecule has 30 heavy (non-hydrogen) atoms. The van der Waals surface area contributed by atoms with E-state index in [9.17, 15) is 0 Å². The van der Waals surface area contributed by atoms with Crippen LogP contribution < -0.4 is 4.90 Å². The van der Waals surface area contributed by atoms with Gasteiger partial charge < -0.3 is 9.80 Å². The van der Waals surface area contributed by atoms with Gasteiger partial charge in [0, 0.05) is 43.0 Å². The van der Waals surface area contributed by atoms with Gasteiger partial charge in [-0.15, -0.1) is 0 Å². The Bertz CT molecular complexity index is 899. The maximum Gasteiger partial charge on any atom is 0.0450 e. The number of likely N-dealkylation sites (tertiary alicyclic amines) is 1. The highest BCUT2D eigenvalue weighted by Gasteiger charge is 2.52. The number of rotatable bonds is 3. The number of fused-ring (bicyclic) bond motifs is 3. The number of para-hydroxylation sites is 2. The molecule has 2 heteroatoms. The van der Waals surface area contributed by atoms with Gasteiger partial charge in [0.15, 0.2) is 0 Å². The third kappa shape index (κ3) is 2.72. The van der Waals surface area contributed by atoms with E-state index in [1.165, 1.54) is 56.7 Å². The quantitative estimate of drug-likeness (QED) is 0.606. The Balaban J connectivity index is 1.16. The van der Waals surface area contributed by atoms with E-state index in [-0.39, 0.29) is 0 Å². The first-order valence-electron chi connectivity index (χ1n) is 12.4. The van der Waals surface area contributed by atoms with Crippen LogP contribution in [0.15, 0.2) is 54.6 Å². The fourth-order valence-electron chi connectivity index (χ4n) is 8.84. The van der Waals surface area contributed by atoms with E-state index in [0.717, 1.165) is 17.8 Å². The summed E-state index contributed by atoms with van der Waals surface area (Å²) in [5.74, 6) is 3.85. The number of hydrogen-bond donors (Lipinski definition) is 0. The number of hydrogen-bond acceptors (Lipinski definition) is 2. The molecule has 2 aliphatic heterocycles. The zero-order valence-corrected chi connectivity index (χ0v) is 18.0. The molecule has 1 saturated heterocycles. The van der Waals surface area contributed by atoms with Gasteiger partial charge >= 0.3 is 0 Å². The van der Waals surface area contributed by atoms with Crippen molar-refractivity contribution in [2.75, 3.05) is 24.5 Å². The Kier molecular flexibility index (Phi) is 3.92. The molecule has 4 bridgehead atoms. The molecular weight excluding hydrogens is 364 g/mol. The fourth-order valence-corrected chi connectivity index (χ4v) is 8.84. The van der Waals surface area contributed by atoms with Gasteiger partial charge in [-0.1, -0.05) is 36.4 Å². The van der Waals surface area contributed by atoms with E-state index < -0.39 is 0 Å². The Hall–Kier alpha value is -1.80. The summed E-state index contributed by atoms with van der Waals surface area (Å²) in [4.78, 5) is 5.54. The summed E-state index contributed by atoms with van der Waals surface area (Å²) in [5.41, 5.74) is 5.07. The number of anilines is 2. The minimum absolute atomic E-state index is 0.623. The van der Waals surface area contributed by atoms with Crippen LogP contribution in [0.25, 0.3) is 0 Å². The molecule has 0 amide bonds. The normalized spacial score (nSPS) is 39.2. The molecule has 0 spiro atoms. The van der Waals surface area contributed by atoms with E-state index in [1.54, 1.807) is 24.8 Å². The van der Waals surface area contributed by atoms with E-state index in [2.05, 4.69) is 64.4 Å². The van der Waals surface area contributed by atoms with Crippen LogP contribution in [-0.4, -0.2) is 30.6 Å². The van der Waals surface area contributed by atoms with Crippen LogP contribution in [0.4, 0.5) is 11.4 Å². The van der Waals surface area contributed by atoms with Crippen molar-refractivity contribution in [3.05, 3.63) is 60.2 Å². The second-order valence-electron chi connectivity index (χ2n) is 11.4. The summed E-state index contributed by atoms with van der Waals surface area (Å²) >= 11 is 0. The molecule has 0 radical (unpaired) electrons. The summed E-state index contributed by atoms with van der Waals surface area (Å²) in [6.45, 7) is 3.92. The third-order valence-electron chi connectivity index (χ3n) is 9.35. The van der Waals surface area contributed by atoms with Crippen molar-refractivity contribution in [3.63, 3.8) is 0 Å². The van der Waals surface area contributed by atoms with E-state index in [4.69, 9.17) is 0 Å². The van der Waals surface area contributed by atoms with E-state index in [1.807, 2.05) is 0 Å². The number of nitrogens with zero attached hydrogens (tertiary/aromatic N) is 2. The highest BCUT2D eigenvalue weighted by Crippen LogP contribution is 2.60. The zero-order valence-electron chi connectivity index (χ0n) is 18.0. The minimum atomic E-state index is 0.623. The van der Waals surface area contributed by atoms with Crippen LogP contribution in [0.2, 0.25) is 0 Å². The van der Waals surface area contributed by atoms with Gasteiger partial charge in [0.1, 0.15) is 0 Å². The maximum absolute atomic E-state index is 2.89. The lowest BCUT2D eigenvalue weighted by atomic mass is 9.49. The average molecular weight is 399 g/mol. The molecule has 0 aromatic heterocycles. The summed E-state index contributed by atoms with van der Waals surface area (Å²) in [6, 6.07) is 21.0. The molecule has 5 fully saturated rings. The standard InChI is InChI=1S/C28H34N2/c1-2-6-23(7-3-1)30-26-9-5-4-8-24(26)25-18-29(11-10-27(25)30)19-28-15-20-12-21(16-28)14-22(13-20)17-28/h1-9,20-22,25,27H,10-19H2/t20?,21?,22?,25-,27+,28?/m1/s1. The zero-order chi connectivity index (χ0) is 19.7. The van der Waals surface area contributed by atoms with Crippen LogP contribution in [0.5, 0.6) is 0 Å². The van der Waals surface area contributed by atoms with Crippen molar-refractivity contribution in [2.24, 2.45) is 23.2 Å². The molecule has 4 aliphatic carbocycles. The SMILES string of the molecule is c1ccc(N2c3ccccc3[C@H]3CN(CC45CC6CC(CC(C6)C4)C5)CC[C@@H]32)cc1. The van der Waals surface area contributed by atoms with Gasteiger partial charge in [-0.2, -0.15) is 0 Å². The van der Waals surface area contributed by atoms with Crippen molar-refractivity contribution in [1.29, 1.82) is 0 Å². The Morgan fingerprint density at radius 1 is 0.800 bits per heavy atom. The van der Waals surface area contributed by atoms with Gasteiger partial charge in [-0.05, 0) is 91.9 Å². The third-order valence-corrected chi connectivity index (χ3v) is 9.35. The van der Waals surface area contributed by atoms with Crippen LogP contribution >= 0.6 is 0 Å². The molecule has 6 aliphatic rings. The lowest BCUT2D eigenvalue weighted by molar-refractivity contribution is -0.0721. The molecule has 2 heterocycles. The summed E-state index contributed by atoms with van der Waals surface area (Å²) in [6.07, 6.45) is 10.6. The second-order valence-corrected chi connectivity index (χ2v) is 11.4. The van der Waals surface area contributed by atoms with Crippen molar-refractivity contribution in [3.8, 4) is 0 Å². The van der Waals surface area contributed by atoms with Crippen LogP contribution in [0, 0.1) is 23.2 Å². The van der Waals surface area contributed by atoms with Gasteiger partial charge in [0.05, 0.1) is 0 Å². The summed E-state index contributed by atoms with van der Waals surface area (Å²) < 4.78 is 0. The molecule has 0 unspecified atom stereocenters. The van der Waals surface area contributed by atoms with Crippen LogP contribution in [0.1, 0.15) is 56.4 Å². The van der Waals surface area contributed by atoms with Crippen molar-refractivity contribution >= 4 is 11.4 Å². The molecule has 4 saturated carbocycles. The molecule has 2 atom stereocenters. The molecular formula is C28H34N2. The Labute approximate surface area is 181 Å². The Morgan fingerprint density at radius 2 is 1.47 bits per heavy atom. The van der Waals surface area contributed by atoms with Crippen LogP contribution in [0.3, 0.4) is 0 Å². The van der Waals surface area contributed by atoms with Crippen molar-refractivity contribution in [2.45, 2.75) is 56.9 Å². The minimum Gasteiger partial charge on any atom is -0.337 e. The first-order valence-corrected chi connectivity index (χ1v) is 12.4. The lowest BCUT2D eigenvalue weighted by Crippen LogP contribution is -2.54. The van der Waals surface area contributed by atoms with Gasteiger partial charge in [0.2, 0.25) is 0 Å². The second kappa shape index (κ2) is 6.60. The van der Waals surface area contributed by atoms with Gasteiger partial charge in [-0.3, -0.25) is 0 Å². The largest absolute Gasteiger partial charge is 0.337 e.